The van der Waals surface area contributed by atoms with E-state index in [1.807, 2.05) is 12.1 Å². The number of benzene rings is 1. The molecule has 0 aromatic heterocycles. The van der Waals surface area contributed by atoms with Crippen molar-refractivity contribution in [1.29, 1.82) is 0 Å². The molecular formula is C12H17NO2. The summed E-state index contributed by atoms with van der Waals surface area (Å²) in [5.41, 5.74) is 7.76. The molecule has 0 fully saturated rings. The second-order valence-electron chi connectivity index (χ2n) is 3.52. The van der Waals surface area contributed by atoms with Gasteiger partial charge in [-0.2, -0.15) is 0 Å². The minimum Gasteiger partial charge on any atom is -0.465 e. The molecule has 0 bridgehead atoms. The Bertz CT molecular complexity index is 347. The highest BCUT2D eigenvalue weighted by atomic mass is 16.5. The van der Waals surface area contributed by atoms with Crippen molar-refractivity contribution in [3.8, 4) is 0 Å². The number of esters is 1. The number of ether oxygens (including phenoxy) is 1. The zero-order valence-corrected chi connectivity index (χ0v) is 9.25. The normalized spacial score (nSPS) is 10.0. The van der Waals surface area contributed by atoms with Crippen LogP contribution in [0.1, 0.15) is 35.7 Å². The van der Waals surface area contributed by atoms with Crippen molar-refractivity contribution in [2.45, 2.75) is 26.2 Å². The first-order valence-electron chi connectivity index (χ1n) is 5.15. The largest absolute Gasteiger partial charge is 0.465 e. The molecule has 0 heterocycles. The Balaban J connectivity index is 2.89. The first-order valence-corrected chi connectivity index (χ1v) is 5.15. The Morgan fingerprint density at radius 2 is 2.20 bits per heavy atom. The molecule has 0 aliphatic carbocycles. The van der Waals surface area contributed by atoms with E-state index in [4.69, 9.17) is 5.73 Å². The first kappa shape index (κ1) is 11.6. The van der Waals surface area contributed by atoms with E-state index in [2.05, 4.69) is 11.7 Å². The third-order valence-electron chi connectivity index (χ3n) is 2.34. The summed E-state index contributed by atoms with van der Waals surface area (Å²) in [6.07, 6.45) is 3.23. The van der Waals surface area contributed by atoms with Crippen molar-refractivity contribution in [2.75, 3.05) is 12.8 Å². The van der Waals surface area contributed by atoms with E-state index >= 15 is 0 Å². The molecule has 1 aromatic carbocycles. The van der Waals surface area contributed by atoms with Crippen LogP contribution in [0.2, 0.25) is 0 Å². The third kappa shape index (κ3) is 2.98. The summed E-state index contributed by atoms with van der Waals surface area (Å²) in [6.45, 7) is 2.14. The number of anilines is 1. The molecule has 1 rings (SSSR count). The molecular weight excluding hydrogens is 190 g/mol. The number of nitrogen functional groups attached to an aromatic ring is 1. The summed E-state index contributed by atoms with van der Waals surface area (Å²) in [5, 5.41) is 0. The van der Waals surface area contributed by atoms with E-state index in [1.165, 1.54) is 7.11 Å². The fraction of sp³-hybridized carbons (Fsp3) is 0.417. The van der Waals surface area contributed by atoms with Crippen molar-refractivity contribution in [3.05, 3.63) is 29.3 Å². The quantitative estimate of drug-likeness (QED) is 0.609. The van der Waals surface area contributed by atoms with Crippen LogP contribution < -0.4 is 5.73 Å². The summed E-state index contributed by atoms with van der Waals surface area (Å²) in [5.74, 6) is -0.370. The number of hydrogen-bond donors (Lipinski definition) is 1. The van der Waals surface area contributed by atoms with Crippen molar-refractivity contribution < 1.29 is 9.53 Å². The van der Waals surface area contributed by atoms with Gasteiger partial charge in [-0.05, 0) is 30.5 Å². The number of methoxy groups -OCH3 is 1. The van der Waals surface area contributed by atoms with Crippen LogP contribution >= 0.6 is 0 Å². The highest BCUT2D eigenvalue weighted by molar-refractivity contribution is 5.95. The predicted molar refractivity (Wildman–Crippen MR) is 60.8 cm³/mol. The molecule has 0 unspecified atom stereocenters. The van der Waals surface area contributed by atoms with Gasteiger partial charge in [0.15, 0.2) is 0 Å². The molecule has 2 N–H and O–H groups in total. The van der Waals surface area contributed by atoms with Gasteiger partial charge in [0.1, 0.15) is 0 Å². The maximum absolute atomic E-state index is 11.4. The standard InChI is InChI=1S/C12H17NO2/c1-3-4-5-9-6-7-11(13)10(8-9)12(14)15-2/h6-8H,3-5,13H2,1-2H3. The molecule has 82 valence electrons. The number of aryl methyl sites for hydroxylation is 1. The Labute approximate surface area is 90.2 Å². The third-order valence-corrected chi connectivity index (χ3v) is 2.34. The minimum absolute atomic E-state index is 0.370. The minimum atomic E-state index is -0.370. The molecule has 0 saturated carbocycles. The van der Waals surface area contributed by atoms with Crippen molar-refractivity contribution in [1.82, 2.24) is 0 Å². The molecule has 0 amide bonds. The molecule has 0 saturated heterocycles. The number of rotatable bonds is 4. The molecule has 0 aliphatic heterocycles. The number of nitrogens with two attached hydrogens (primary N) is 1. The Hall–Kier alpha value is -1.51. The van der Waals surface area contributed by atoms with E-state index in [-0.39, 0.29) is 5.97 Å². The smallest absolute Gasteiger partial charge is 0.339 e. The van der Waals surface area contributed by atoms with E-state index in [1.54, 1.807) is 6.07 Å². The molecule has 0 spiro atoms. The number of hydrogen-bond acceptors (Lipinski definition) is 3. The van der Waals surface area contributed by atoms with Crippen LogP contribution in [-0.4, -0.2) is 13.1 Å². The summed E-state index contributed by atoms with van der Waals surface area (Å²) < 4.78 is 4.66. The average molecular weight is 207 g/mol. The highest BCUT2D eigenvalue weighted by Gasteiger charge is 2.10. The van der Waals surface area contributed by atoms with Crippen LogP contribution in [0.15, 0.2) is 18.2 Å². The van der Waals surface area contributed by atoms with Gasteiger partial charge >= 0.3 is 5.97 Å². The number of carbonyl (C=O) groups excluding carboxylic acids is 1. The molecule has 0 radical (unpaired) electrons. The van der Waals surface area contributed by atoms with Gasteiger partial charge < -0.3 is 10.5 Å². The maximum atomic E-state index is 11.4. The van der Waals surface area contributed by atoms with Gasteiger partial charge in [0.25, 0.3) is 0 Å². The van der Waals surface area contributed by atoms with E-state index in [9.17, 15) is 4.79 Å². The van der Waals surface area contributed by atoms with Crippen LogP contribution in [0.5, 0.6) is 0 Å². The van der Waals surface area contributed by atoms with E-state index < -0.39 is 0 Å². The van der Waals surface area contributed by atoms with Gasteiger partial charge in [0.2, 0.25) is 0 Å². The molecule has 3 nitrogen and oxygen atoms in total. The topological polar surface area (TPSA) is 52.3 Å². The monoisotopic (exact) mass is 207 g/mol. The lowest BCUT2D eigenvalue weighted by Gasteiger charge is -2.06. The van der Waals surface area contributed by atoms with Crippen LogP contribution in [-0.2, 0) is 11.2 Å². The Kier molecular flexibility index (Phi) is 4.16. The van der Waals surface area contributed by atoms with Crippen LogP contribution in [0.25, 0.3) is 0 Å². The van der Waals surface area contributed by atoms with Crippen LogP contribution in [0, 0.1) is 0 Å². The fourth-order valence-corrected chi connectivity index (χ4v) is 1.43. The first-order chi connectivity index (χ1) is 7.19. The number of unbranched alkanes of at least 4 members (excludes halogenated alkanes) is 1. The molecule has 1 aromatic rings. The second-order valence-corrected chi connectivity index (χ2v) is 3.52. The van der Waals surface area contributed by atoms with Gasteiger partial charge in [0.05, 0.1) is 12.7 Å². The molecule has 15 heavy (non-hydrogen) atoms. The lowest BCUT2D eigenvalue weighted by molar-refractivity contribution is 0.0602. The predicted octanol–water partition coefficient (Wildman–Crippen LogP) is 2.40. The zero-order chi connectivity index (χ0) is 11.3. The SMILES string of the molecule is CCCCc1ccc(N)c(C(=O)OC)c1. The molecule has 0 aliphatic rings. The van der Waals surface area contributed by atoms with E-state index in [0.717, 1.165) is 24.8 Å². The number of carbonyl (C=O) groups is 1. The average Bonchev–Trinajstić information content (AvgIpc) is 2.27. The summed E-state index contributed by atoms with van der Waals surface area (Å²) >= 11 is 0. The summed E-state index contributed by atoms with van der Waals surface area (Å²) in [6, 6.07) is 5.53. The van der Waals surface area contributed by atoms with Crippen molar-refractivity contribution >= 4 is 11.7 Å². The van der Waals surface area contributed by atoms with Gasteiger partial charge in [0, 0.05) is 5.69 Å². The van der Waals surface area contributed by atoms with Gasteiger partial charge in [-0.15, -0.1) is 0 Å². The van der Waals surface area contributed by atoms with Crippen LogP contribution in [0.3, 0.4) is 0 Å². The Morgan fingerprint density at radius 3 is 2.80 bits per heavy atom. The molecule has 0 atom stereocenters. The van der Waals surface area contributed by atoms with Crippen molar-refractivity contribution in [3.63, 3.8) is 0 Å². The maximum Gasteiger partial charge on any atom is 0.339 e. The fourth-order valence-electron chi connectivity index (χ4n) is 1.43. The summed E-state index contributed by atoms with van der Waals surface area (Å²) in [4.78, 5) is 11.4. The zero-order valence-electron chi connectivity index (χ0n) is 9.25. The van der Waals surface area contributed by atoms with Crippen molar-refractivity contribution in [2.24, 2.45) is 0 Å². The van der Waals surface area contributed by atoms with Gasteiger partial charge in [-0.3, -0.25) is 0 Å². The molecule has 3 heteroatoms. The summed E-state index contributed by atoms with van der Waals surface area (Å²) in [7, 11) is 1.36. The van der Waals surface area contributed by atoms with Gasteiger partial charge in [-0.25, -0.2) is 4.79 Å². The highest BCUT2D eigenvalue weighted by Crippen LogP contribution is 2.16. The lowest BCUT2D eigenvalue weighted by Crippen LogP contribution is -2.06. The second kappa shape index (κ2) is 5.39. The van der Waals surface area contributed by atoms with Gasteiger partial charge in [-0.1, -0.05) is 19.4 Å². The van der Waals surface area contributed by atoms with Crippen LogP contribution in [0.4, 0.5) is 5.69 Å². The lowest BCUT2D eigenvalue weighted by atomic mass is 10.0. The Morgan fingerprint density at radius 1 is 1.47 bits per heavy atom. The van der Waals surface area contributed by atoms with E-state index in [0.29, 0.717) is 11.3 Å².